The van der Waals surface area contributed by atoms with Crippen LogP contribution >= 0.6 is 24.0 Å². The first-order valence-corrected chi connectivity index (χ1v) is 9.16. The normalized spacial score (nSPS) is 24.2. The average molecular weight is 474 g/mol. The molecule has 1 atom stereocenters. The Morgan fingerprint density at radius 1 is 1.08 bits per heavy atom. The highest BCUT2D eigenvalue weighted by Crippen LogP contribution is 2.48. The number of hydrogen-bond donors (Lipinski definition) is 1. The van der Waals surface area contributed by atoms with Gasteiger partial charge in [-0.15, -0.1) is 24.0 Å². The van der Waals surface area contributed by atoms with Crippen molar-refractivity contribution in [3.63, 3.8) is 0 Å². The number of piperazine rings is 1. The van der Waals surface area contributed by atoms with Crippen LogP contribution in [0.3, 0.4) is 0 Å². The highest BCUT2D eigenvalue weighted by Gasteiger charge is 2.42. The lowest BCUT2D eigenvalue weighted by molar-refractivity contribution is -0.181. The molecular weight excluding hydrogens is 444 g/mol. The van der Waals surface area contributed by atoms with Gasteiger partial charge in [0.25, 0.3) is 0 Å². The summed E-state index contributed by atoms with van der Waals surface area (Å²) in [4.78, 5) is 7.96. The minimum Gasteiger partial charge on any atom is -0.356 e. The lowest BCUT2D eigenvalue weighted by Gasteiger charge is -2.39. The van der Waals surface area contributed by atoms with Crippen LogP contribution in [0.1, 0.15) is 32.6 Å². The predicted octanol–water partition coefficient (Wildman–Crippen LogP) is 3.18. The average Bonchev–Trinajstić information content (AvgIpc) is 3.44. The van der Waals surface area contributed by atoms with Crippen molar-refractivity contribution in [2.45, 2.75) is 44.8 Å². The Hall–Kier alpha value is -0.250. The van der Waals surface area contributed by atoms with Gasteiger partial charge in [-0.25, -0.2) is 0 Å². The van der Waals surface area contributed by atoms with Crippen LogP contribution in [0.25, 0.3) is 0 Å². The lowest BCUT2D eigenvalue weighted by atomic mass is 9.98. The van der Waals surface area contributed by atoms with Crippen LogP contribution in [0.4, 0.5) is 13.2 Å². The fourth-order valence-electron chi connectivity index (χ4n) is 3.84. The van der Waals surface area contributed by atoms with Gasteiger partial charge < -0.3 is 10.2 Å². The first-order chi connectivity index (χ1) is 11.4. The first-order valence-electron chi connectivity index (χ1n) is 9.16. The molecule has 0 aromatic rings. The Morgan fingerprint density at radius 3 is 2.00 bits per heavy atom. The molecule has 0 bridgehead atoms. The van der Waals surface area contributed by atoms with Gasteiger partial charge in [-0.05, 0) is 50.4 Å². The van der Waals surface area contributed by atoms with Crippen LogP contribution in [0.2, 0.25) is 0 Å². The maximum absolute atomic E-state index is 12.8. The summed E-state index contributed by atoms with van der Waals surface area (Å²) in [6.07, 6.45) is 1.28. The Labute approximate surface area is 165 Å². The van der Waals surface area contributed by atoms with Gasteiger partial charge in [0.15, 0.2) is 5.96 Å². The third kappa shape index (κ3) is 5.61. The molecule has 0 aromatic carbocycles. The molecule has 3 rings (SSSR count). The minimum absolute atomic E-state index is 0. The maximum atomic E-state index is 12.8. The maximum Gasteiger partial charge on any atom is 0.403 e. The van der Waals surface area contributed by atoms with Gasteiger partial charge >= 0.3 is 6.18 Å². The summed E-state index contributed by atoms with van der Waals surface area (Å²) in [5.41, 5.74) is 0. The molecule has 8 heteroatoms. The Bertz CT molecular complexity index is 443. The minimum atomic E-state index is -4.15. The monoisotopic (exact) mass is 474 g/mol. The van der Waals surface area contributed by atoms with Crippen LogP contribution in [0.15, 0.2) is 4.99 Å². The molecule has 2 saturated carbocycles. The molecule has 1 unspecified atom stereocenters. The first kappa shape index (κ1) is 21.1. The Morgan fingerprint density at radius 2 is 1.60 bits per heavy atom. The second-order valence-electron chi connectivity index (χ2n) is 7.51. The molecule has 1 heterocycles. The van der Waals surface area contributed by atoms with Crippen molar-refractivity contribution in [2.24, 2.45) is 22.7 Å². The molecule has 3 aliphatic rings. The predicted molar refractivity (Wildman–Crippen MR) is 104 cm³/mol. The Balaban J connectivity index is 0.00000225. The van der Waals surface area contributed by atoms with Gasteiger partial charge in [-0.3, -0.25) is 9.89 Å². The largest absolute Gasteiger partial charge is 0.403 e. The summed E-state index contributed by atoms with van der Waals surface area (Å²) in [5, 5.41) is 3.49. The summed E-state index contributed by atoms with van der Waals surface area (Å²) in [6.45, 7) is 4.25. The van der Waals surface area contributed by atoms with Crippen molar-refractivity contribution >= 4 is 29.9 Å². The van der Waals surface area contributed by atoms with Crippen molar-refractivity contribution in [2.75, 3.05) is 39.8 Å². The molecule has 2 aliphatic carbocycles. The van der Waals surface area contributed by atoms with Crippen LogP contribution in [0, 0.1) is 17.8 Å². The topological polar surface area (TPSA) is 30.9 Å². The fraction of sp³-hybridized carbons (Fsp3) is 0.941. The lowest BCUT2D eigenvalue weighted by Crippen LogP contribution is -2.57. The number of nitrogens with one attached hydrogen (secondary N) is 1. The molecule has 25 heavy (non-hydrogen) atoms. The van der Waals surface area contributed by atoms with Gasteiger partial charge in [0.05, 0.1) is 0 Å². The van der Waals surface area contributed by atoms with Gasteiger partial charge in [0, 0.05) is 39.8 Å². The van der Waals surface area contributed by atoms with E-state index in [1.807, 2.05) is 0 Å². The molecule has 3 fully saturated rings. The molecule has 1 saturated heterocycles. The van der Waals surface area contributed by atoms with E-state index in [0.717, 1.165) is 30.3 Å². The summed E-state index contributed by atoms with van der Waals surface area (Å²) in [6, 6.07) is -1.37. The Kier molecular flexibility index (Phi) is 7.26. The second kappa shape index (κ2) is 8.63. The van der Waals surface area contributed by atoms with E-state index in [2.05, 4.69) is 15.2 Å². The summed E-state index contributed by atoms with van der Waals surface area (Å²) in [7, 11) is 1.76. The van der Waals surface area contributed by atoms with E-state index in [4.69, 9.17) is 0 Å². The molecule has 146 valence electrons. The standard InChI is InChI=1S/C17H29F3N4.HI/c1-12(17(18,19)20)23-7-9-24(10-8-23)16(21-2)22-11-15(13-3-4-13)14-5-6-14;/h12-15H,3-11H2,1-2H3,(H,21,22);1H. The van der Waals surface area contributed by atoms with Crippen LogP contribution in [-0.2, 0) is 0 Å². The van der Waals surface area contributed by atoms with Gasteiger partial charge in [0.2, 0.25) is 0 Å². The summed E-state index contributed by atoms with van der Waals surface area (Å²) < 4.78 is 38.5. The molecule has 4 nitrogen and oxygen atoms in total. The SMILES string of the molecule is CN=C(NCC(C1CC1)C1CC1)N1CCN(C(C)C(F)(F)F)CC1.I. The molecule has 0 aromatic heterocycles. The number of rotatable bonds is 5. The molecule has 1 N–H and O–H groups in total. The van der Waals surface area contributed by atoms with Crippen molar-refractivity contribution in [3.05, 3.63) is 0 Å². The zero-order chi connectivity index (χ0) is 17.3. The number of halogens is 4. The van der Waals surface area contributed by atoms with E-state index in [9.17, 15) is 13.2 Å². The molecule has 1 aliphatic heterocycles. The number of aliphatic imine (C=N–C) groups is 1. The third-order valence-corrected chi connectivity index (χ3v) is 5.80. The number of alkyl halides is 3. The van der Waals surface area contributed by atoms with Gasteiger partial charge in [-0.1, -0.05) is 0 Å². The van der Waals surface area contributed by atoms with E-state index in [1.54, 1.807) is 7.05 Å². The van der Waals surface area contributed by atoms with E-state index in [0.29, 0.717) is 26.2 Å². The van der Waals surface area contributed by atoms with E-state index < -0.39 is 12.2 Å². The highest BCUT2D eigenvalue weighted by atomic mass is 127. The zero-order valence-corrected chi connectivity index (χ0v) is 17.4. The van der Waals surface area contributed by atoms with Crippen molar-refractivity contribution in [3.8, 4) is 0 Å². The highest BCUT2D eigenvalue weighted by molar-refractivity contribution is 14.0. The quantitative estimate of drug-likeness (QED) is 0.378. The summed E-state index contributed by atoms with van der Waals surface area (Å²) >= 11 is 0. The molecule has 0 amide bonds. The number of hydrogen-bond acceptors (Lipinski definition) is 2. The van der Waals surface area contributed by atoms with Gasteiger partial charge in [0.1, 0.15) is 6.04 Å². The van der Waals surface area contributed by atoms with E-state index in [1.165, 1.54) is 37.5 Å². The zero-order valence-electron chi connectivity index (χ0n) is 15.1. The van der Waals surface area contributed by atoms with Crippen molar-refractivity contribution in [1.82, 2.24) is 15.1 Å². The molecular formula is C17H30F3IN4. The van der Waals surface area contributed by atoms with Crippen LogP contribution < -0.4 is 5.32 Å². The second-order valence-corrected chi connectivity index (χ2v) is 7.51. The van der Waals surface area contributed by atoms with Crippen molar-refractivity contribution < 1.29 is 13.2 Å². The van der Waals surface area contributed by atoms with Crippen LogP contribution in [0.5, 0.6) is 0 Å². The smallest absolute Gasteiger partial charge is 0.356 e. The van der Waals surface area contributed by atoms with E-state index in [-0.39, 0.29) is 24.0 Å². The number of nitrogens with zero attached hydrogens (tertiary/aromatic N) is 3. The van der Waals surface area contributed by atoms with E-state index >= 15 is 0 Å². The molecule has 0 spiro atoms. The van der Waals surface area contributed by atoms with Gasteiger partial charge in [-0.2, -0.15) is 13.2 Å². The number of guanidine groups is 1. The third-order valence-electron chi connectivity index (χ3n) is 5.80. The van der Waals surface area contributed by atoms with Crippen molar-refractivity contribution in [1.29, 1.82) is 0 Å². The summed E-state index contributed by atoms with van der Waals surface area (Å²) in [5.74, 6) is 3.37. The van der Waals surface area contributed by atoms with Crippen LogP contribution in [-0.4, -0.2) is 67.7 Å². The fourth-order valence-corrected chi connectivity index (χ4v) is 3.84. The molecule has 0 radical (unpaired) electrons.